The van der Waals surface area contributed by atoms with Crippen molar-refractivity contribution in [2.45, 2.75) is 13.1 Å². The Kier molecular flexibility index (Phi) is 4.12. The largest absolute Gasteiger partial charge is 0.378 e. The third-order valence-corrected chi connectivity index (χ3v) is 5.43. The summed E-state index contributed by atoms with van der Waals surface area (Å²) < 4.78 is 7.15. The van der Waals surface area contributed by atoms with Crippen LogP contribution in [0.3, 0.4) is 0 Å². The van der Waals surface area contributed by atoms with E-state index < -0.39 is 0 Å². The van der Waals surface area contributed by atoms with Crippen molar-refractivity contribution >= 4 is 22.7 Å². The number of carbonyl (C=O) groups excluding carboxylic acids is 2. The fraction of sp³-hybridized carbons (Fsp3) is 0.350. The number of nitrogens with one attached hydrogen (secondary N) is 1. The summed E-state index contributed by atoms with van der Waals surface area (Å²) in [4.78, 5) is 32.5. The minimum Gasteiger partial charge on any atom is -0.378 e. The third-order valence-electron chi connectivity index (χ3n) is 5.43. The highest BCUT2D eigenvalue weighted by atomic mass is 16.5. The highest BCUT2D eigenvalue weighted by Crippen LogP contribution is 2.22. The molecule has 144 valence electrons. The maximum absolute atomic E-state index is 13.1. The van der Waals surface area contributed by atoms with Crippen LogP contribution in [0.2, 0.25) is 0 Å². The molecule has 0 bridgehead atoms. The van der Waals surface area contributed by atoms with Crippen molar-refractivity contribution in [1.82, 2.24) is 24.6 Å². The van der Waals surface area contributed by atoms with Crippen LogP contribution in [-0.2, 0) is 17.8 Å². The molecule has 2 aliphatic rings. The van der Waals surface area contributed by atoms with Crippen molar-refractivity contribution < 1.29 is 14.3 Å². The molecule has 1 aromatic carbocycles. The average Bonchev–Trinajstić information content (AvgIpc) is 3.39. The van der Waals surface area contributed by atoms with Gasteiger partial charge in [-0.25, -0.2) is 0 Å². The van der Waals surface area contributed by atoms with E-state index in [-0.39, 0.29) is 11.8 Å². The molecule has 2 aliphatic heterocycles. The van der Waals surface area contributed by atoms with Crippen LogP contribution in [0.15, 0.2) is 36.5 Å². The first-order valence-corrected chi connectivity index (χ1v) is 9.50. The van der Waals surface area contributed by atoms with Crippen LogP contribution < -0.4 is 0 Å². The van der Waals surface area contributed by atoms with Crippen molar-refractivity contribution in [3.8, 4) is 0 Å². The second-order valence-electron chi connectivity index (χ2n) is 7.12. The van der Waals surface area contributed by atoms with Crippen LogP contribution >= 0.6 is 0 Å². The van der Waals surface area contributed by atoms with Crippen LogP contribution in [0.4, 0.5) is 0 Å². The molecular weight excluding hydrogens is 358 g/mol. The number of rotatable bonds is 2. The predicted octanol–water partition coefficient (Wildman–Crippen LogP) is 1.49. The lowest BCUT2D eigenvalue weighted by Gasteiger charge is -2.28. The zero-order valence-corrected chi connectivity index (χ0v) is 15.4. The van der Waals surface area contributed by atoms with Crippen LogP contribution in [0.1, 0.15) is 26.5 Å². The van der Waals surface area contributed by atoms with Gasteiger partial charge in [0, 0.05) is 42.3 Å². The molecule has 0 aliphatic carbocycles. The van der Waals surface area contributed by atoms with Gasteiger partial charge in [-0.2, -0.15) is 5.10 Å². The van der Waals surface area contributed by atoms with Gasteiger partial charge in [-0.05, 0) is 24.3 Å². The molecular formula is C20H21N5O3. The summed E-state index contributed by atoms with van der Waals surface area (Å²) in [6.45, 7) is 3.90. The molecule has 5 rings (SSSR count). The van der Waals surface area contributed by atoms with Gasteiger partial charge in [-0.3, -0.25) is 14.3 Å². The number of morpholine rings is 1. The molecule has 2 amide bonds. The molecule has 3 aromatic rings. The summed E-state index contributed by atoms with van der Waals surface area (Å²) in [5.41, 5.74) is 2.97. The number of H-pyrrole nitrogens is 1. The summed E-state index contributed by atoms with van der Waals surface area (Å²) in [6.07, 6.45) is 1.84. The number of ether oxygens (including phenoxy) is 1. The topological polar surface area (TPSA) is 83.5 Å². The first-order chi connectivity index (χ1) is 13.7. The molecule has 8 heteroatoms. The standard InChI is InChI=1S/C20H21N5O3/c26-19(16-2-1-3-17-15(16)4-5-21-17)24-6-7-25-14(13-24)12-18(22-25)20(27)23-8-10-28-11-9-23/h1-5,12,21H,6-11,13H2. The Morgan fingerprint density at radius 1 is 1.00 bits per heavy atom. The van der Waals surface area contributed by atoms with Gasteiger partial charge in [0.15, 0.2) is 5.69 Å². The molecule has 1 N–H and O–H groups in total. The van der Waals surface area contributed by atoms with E-state index in [4.69, 9.17) is 4.74 Å². The summed E-state index contributed by atoms with van der Waals surface area (Å²) in [6, 6.07) is 9.45. The van der Waals surface area contributed by atoms with Gasteiger partial charge in [-0.15, -0.1) is 0 Å². The predicted molar refractivity (Wildman–Crippen MR) is 102 cm³/mol. The van der Waals surface area contributed by atoms with E-state index in [1.807, 2.05) is 46.1 Å². The SMILES string of the molecule is O=C(c1cc2n(n1)CCN(C(=O)c1cccc3[nH]ccc13)C2)N1CCOCC1. The van der Waals surface area contributed by atoms with E-state index in [1.54, 1.807) is 4.90 Å². The molecule has 2 aromatic heterocycles. The van der Waals surface area contributed by atoms with Crippen molar-refractivity contribution in [2.75, 3.05) is 32.8 Å². The molecule has 1 saturated heterocycles. The fourth-order valence-corrected chi connectivity index (χ4v) is 3.91. The van der Waals surface area contributed by atoms with Gasteiger partial charge >= 0.3 is 0 Å². The molecule has 0 unspecified atom stereocenters. The lowest BCUT2D eigenvalue weighted by Crippen LogP contribution is -2.41. The first kappa shape index (κ1) is 17.0. The Labute approximate surface area is 161 Å². The zero-order valence-electron chi connectivity index (χ0n) is 15.4. The highest BCUT2D eigenvalue weighted by molar-refractivity contribution is 6.06. The number of hydrogen-bond donors (Lipinski definition) is 1. The highest BCUT2D eigenvalue weighted by Gasteiger charge is 2.27. The fourth-order valence-electron chi connectivity index (χ4n) is 3.91. The zero-order chi connectivity index (χ0) is 19.1. The number of benzene rings is 1. The van der Waals surface area contributed by atoms with E-state index in [9.17, 15) is 9.59 Å². The van der Waals surface area contributed by atoms with Gasteiger partial charge in [-0.1, -0.05) is 6.07 Å². The number of fused-ring (bicyclic) bond motifs is 2. The number of amides is 2. The van der Waals surface area contributed by atoms with Crippen molar-refractivity contribution in [1.29, 1.82) is 0 Å². The molecule has 1 fully saturated rings. The maximum atomic E-state index is 13.1. The normalized spacial score (nSPS) is 17.0. The van der Waals surface area contributed by atoms with Crippen molar-refractivity contribution in [3.05, 3.63) is 53.5 Å². The summed E-state index contributed by atoms with van der Waals surface area (Å²) in [7, 11) is 0. The Morgan fingerprint density at radius 3 is 2.71 bits per heavy atom. The average molecular weight is 379 g/mol. The Morgan fingerprint density at radius 2 is 1.86 bits per heavy atom. The van der Waals surface area contributed by atoms with Crippen LogP contribution in [0.25, 0.3) is 10.9 Å². The molecule has 0 spiro atoms. The number of carbonyl (C=O) groups is 2. The third kappa shape index (κ3) is 2.86. The van der Waals surface area contributed by atoms with Gasteiger partial charge in [0.05, 0.1) is 32.0 Å². The van der Waals surface area contributed by atoms with Crippen LogP contribution in [-0.4, -0.2) is 69.2 Å². The minimum atomic E-state index is -0.0693. The number of hydrogen-bond acceptors (Lipinski definition) is 4. The van der Waals surface area contributed by atoms with Crippen LogP contribution in [0, 0.1) is 0 Å². The number of aromatic amines is 1. The second-order valence-corrected chi connectivity index (χ2v) is 7.12. The van der Waals surface area contributed by atoms with Crippen molar-refractivity contribution in [3.63, 3.8) is 0 Å². The number of nitrogens with zero attached hydrogens (tertiary/aromatic N) is 4. The molecule has 4 heterocycles. The monoisotopic (exact) mass is 379 g/mol. The number of aromatic nitrogens is 3. The molecule has 0 radical (unpaired) electrons. The van der Waals surface area contributed by atoms with E-state index in [2.05, 4.69) is 10.1 Å². The first-order valence-electron chi connectivity index (χ1n) is 9.50. The maximum Gasteiger partial charge on any atom is 0.274 e. The molecule has 28 heavy (non-hydrogen) atoms. The lowest BCUT2D eigenvalue weighted by atomic mass is 10.1. The van der Waals surface area contributed by atoms with Gasteiger partial charge in [0.25, 0.3) is 11.8 Å². The molecule has 0 atom stereocenters. The van der Waals surface area contributed by atoms with Gasteiger partial charge in [0.1, 0.15) is 0 Å². The van der Waals surface area contributed by atoms with Crippen LogP contribution in [0.5, 0.6) is 0 Å². The Bertz CT molecular complexity index is 1050. The Balaban J connectivity index is 1.36. The van der Waals surface area contributed by atoms with Gasteiger partial charge < -0.3 is 19.5 Å². The van der Waals surface area contributed by atoms with E-state index in [1.165, 1.54) is 0 Å². The molecule has 8 nitrogen and oxygen atoms in total. The summed E-state index contributed by atoms with van der Waals surface area (Å²) >= 11 is 0. The Hall–Kier alpha value is -3.13. The minimum absolute atomic E-state index is 0.00120. The van der Waals surface area contributed by atoms with E-state index in [0.717, 1.165) is 16.6 Å². The summed E-state index contributed by atoms with van der Waals surface area (Å²) in [5.74, 6) is -0.0705. The smallest absolute Gasteiger partial charge is 0.274 e. The summed E-state index contributed by atoms with van der Waals surface area (Å²) in [5, 5.41) is 5.40. The molecule has 0 saturated carbocycles. The van der Waals surface area contributed by atoms with Gasteiger partial charge in [0.2, 0.25) is 0 Å². The van der Waals surface area contributed by atoms with E-state index >= 15 is 0 Å². The second kappa shape index (κ2) is 6.79. The quantitative estimate of drug-likeness (QED) is 0.731. The van der Waals surface area contributed by atoms with Crippen molar-refractivity contribution in [2.24, 2.45) is 0 Å². The van der Waals surface area contributed by atoms with E-state index in [0.29, 0.717) is 57.2 Å². The lowest BCUT2D eigenvalue weighted by molar-refractivity contribution is 0.0298.